The van der Waals surface area contributed by atoms with Gasteiger partial charge in [0.1, 0.15) is 0 Å². The van der Waals surface area contributed by atoms with Crippen LogP contribution in [0.4, 0.5) is 0 Å². The number of ketones is 2. The Hall–Kier alpha value is -3.31. The SMILES string of the molecule is CC(=CCC1=C(C)C(=O)c2ccccc2C1=O)CCCC(C)CCCC(C)CCCC(C)C.COC(=O)C(c1ccccc1)C1CCCCN1. The molecule has 1 heterocycles. The summed E-state index contributed by atoms with van der Waals surface area (Å²) < 4.78 is 4.94. The van der Waals surface area contributed by atoms with Gasteiger partial charge in [0.05, 0.1) is 13.0 Å². The molecule has 1 N–H and O–H groups in total. The van der Waals surface area contributed by atoms with Crippen molar-refractivity contribution in [1.29, 1.82) is 0 Å². The number of esters is 1. The maximum atomic E-state index is 12.9. The Labute approximate surface area is 303 Å². The topological polar surface area (TPSA) is 72.5 Å². The Morgan fingerprint density at radius 3 is 1.98 bits per heavy atom. The first kappa shape index (κ1) is 41.1. The van der Waals surface area contributed by atoms with E-state index >= 15 is 0 Å². The van der Waals surface area contributed by atoms with Crippen LogP contribution in [0.15, 0.2) is 77.4 Å². The van der Waals surface area contributed by atoms with Gasteiger partial charge in [-0.1, -0.05) is 145 Å². The molecule has 2 aliphatic rings. The molecular weight excluding hydrogens is 618 g/mol. The van der Waals surface area contributed by atoms with Crippen LogP contribution in [0.1, 0.15) is 157 Å². The van der Waals surface area contributed by atoms with E-state index in [0.717, 1.165) is 42.7 Å². The van der Waals surface area contributed by atoms with Crippen LogP contribution in [0, 0.1) is 17.8 Å². The minimum absolute atomic E-state index is 0.00526. The van der Waals surface area contributed by atoms with Gasteiger partial charge in [-0.2, -0.15) is 0 Å². The van der Waals surface area contributed by atoms with Gasteiger partial charge < -0.3 is 10.1 Å². The molecule has 4 atom stereocenters. The van der Waals surface area contributed by atoms with Gasteiger partial charge in [-0.15, -0.1) is 0 Å². The highest BCUT2D eigenvalue weighted by Gasteiger charge is 2.31. The van der Waals surface area contributed by atoms with E-state index in [1.54, 1.807) is 19.1 Å². The van der Waals surface area contributed by atoms with Gasteiger partial charge in [0, 0.05) is 28.3 Å². The molecule has 0 radical (unpaired) electrons. The van der Waals surface area contributed by atoms with Crippen molar-refractivity contribution in [2.24, 2.45) is 17.8 Å². The Morgan fingerprint density at radius 1 is 0.820 bits per heavy atom. The summed E-state index contributed by atoms with van der Waals surface area (Å²) in [6, 6.07) is 17.3. The molecule has 50 heavy (non-hydrogen) atoms. The van der Waals surface area contributed by atoms with Crippen LogP contribution in [0.2, 0.25) is 0 Å². The molecule has 0 spiro atoms. The van der Waals surface area contributed by atoms with Crippen molar-refractivity contribution in [3.8, 4) is 0 Å². The molecule has 4 unspecified atom stereocenters. The van der Waals surface area contributed by atoms with E-state index in [0.29, 0.717) is 28.7 Å². The van der Waals surface area contributed by atoms with E-state index in [1.165, 1.54) is 76.9 Å². The van der Waals surface area contributed by atoms with Crippen molar-refractivity contribution in [3.05, 3.63) is 94.1 Å². The van der Waals surface area contributed by atoms with Crippen LogP contribution in [0.3, 0.4) is 0 Å². The average molecular weight is 684 g/mol. The largest absolute Gasteiger partial charge is 0.469 e. The fourth-order valence-corrected chi connectivity index (χ4v) is 7.37. The Bertz CT molecular complexity index is 1420. The van der Waals surface area contributed by atoms with Crippen LogP contribution in [0.25, 0.3) is 0 Å². The van der Waals surface area contributed by atoms with E-state index in [-0.39, 0.29) is 29.5 Å². The molecular formula is C45H65NO4. The molecule has 1 fully saturated rings. The second kappa shape index (κ2) is 21.8. The zero-order valence-corrected chi connectivity index (χ0v) is 32.2. The van der Waals surface area contributed by atoms with E-state index in [2.05, 4.69) is 46.0 Å². The van der Waals surface area contributed by atoms with E-state index in [4.69, 9.17) is 4.74 Å². The molecule has 5 nitrogen and oxygen atoms in total. The quantitative estimate of drug-likeness (QED) is 0.133. The van der Waals surface area contributed by atoms with Crippen molar-refractivity contribution < 1.29 is 19.1 Å². The van der Waals surface area contributed by atoms with Gasteiger partial charge in [0.25, 0.3) is 0 Å². The number of ether oxygens (including phenoxy) is 1. The lowest BCUT2D eigenvalue weighted by molar-refractivity contribution is -0.143. The van der Waals surface area contributed by atoms with Crippen molar-refractivity contribution in [2.75, 3.05) is 13.7 Å². The van der Waals surface area contributed by atoms with Crippen molar-refractivity contribution in [3.63, 3.8) is 0 Å². The first-order valence-electron chi connectivity index (χ1n) is 19.4. The van der Waals surface area contributed by atoms with Crippen LogP contribution in [-0.2, 0) is 9.53 Å². The third kappa shape index (κ3) is 13.1. The zero-order chi connectivity index (χ0) is 36.5. The predicted octanol–water partition coefficient (Wildman–Crippen LogP) is 11.2. The molecule has 0 amide bonds. The molecule has 1 aliphatic carbocycles. The highest BCUT2D eigenvalue weighted by molar-refractivity contribution is 6.26. The summed E-state index contributed by atoms with van der Waals surface area (Å²) in [4.78, 5) is 37.5. The summed E-state index contributed by atoms with van der Waals surface area (Å²) in [7, 11) is 1.46. The Balaban J connectivity index is 0.000000331. The number of allylic oxidation sites excluding steroid dienone is 4. The second-order valence-corrected chi connectivity index (χ2v) is 15.4. The molecule has 0 saturated carbocycles. The van der Waals surface area contributed by atoms with Gasteiger partial charge >= 0.3 is 5.97 Å². The van der Waals surface area contributed by atoms with Crippen LogP contribution >= 0.6 is 0 Å². The molecule has 4 rings (SSSR count). The Kier molecular flexibility index (Phi) is 17.9. The minimum Gasteiger partial charge on any atom is -0.469 e. The molecule has 2 aromatic carbocycles. The van der Waals surface area contributed by atoms with Crippen LogP contribution in [-0.4, -0.2) is 37.2 Å². The van der Waals surface area contributed by atoms with Gasteiger partial charge in [0.2, 0.25) is 0 Å². The maximum absolute atomic E-state index is 12.9. The van der Waals surface area contributed by atoms with Crippen LogP contribution < -0.4 is 5.32 Å². The predicted molar refractivity (Wildman–Crippen MR) is 208 cm³/mol. The number of nitrogens with one attached hydrogen (secondary N) is 1. The van der Waals surface area contributed by atoms with Crippen molar-refractivity contribution in [1.82, 2.24) is 5.32 Å². The summed E-state index contributed by atoms with van der Waals surface area (Å²) in [5.41, 5.74) is 4.73. The van der Waals surface area contributed by atoms with Gasteiger partial charge in [-0.25, -0.2) is 0 Å². The summed E-state index contributed by atoms with van der Waals surface area (Å²) in [5.74, 6) is 2.16. The number of Topliss-reactive ketones (excluding diaryl/α,β-unsaturated/α-hetero) is 2. The second-order valence-electron chi connectivity index (χ2n) is 15.4. The number of rotatable bonds is 17. The number of carbonyl (C=O) groups is 3. The number of hydrogen-bond donors (Lipinski definition) is 1. The summed E-state index contributed by atoms with van der Waals surface area (Å²) in [5, 5.41) is 3.43. The van der Waals surface area contributed by atoms with E-state index in [1.807, 2.05) is 42.5 Å². The lowest BCUT2D eigenvalue weighted by atomic mass is 9.83. The highest BCUT2D eigenvalue weighted by atomic mass is 16.5. The molecule has 2 aromatic rings. The number of benzene rings is 2. The first-order valence-corrected chi connectivity index (χ1v) is 19.4. The van der Waals surface area contributed by atoms with Gasteiger partial charge in [0.15, 0.2) is 11.6 Å². The van der Waals surface area contributed by atoms with Crippen LogP contribution in [0.5, 0.6) is 0 Å². The number of piperidine rings is 1. The summed E-state index contributed by atoms with van der Waals surface area (Å²) in [6.07, 6.45) is 17.8. The van der Waals surface area contributed by atoms with Gasteiger partial charge in [-0.3, -0.25) is 14.4 Å². The lowest BCUT2D eigenvalue weighted by Crippen LogP contribution is -2.42. The average Bonchev–Trinajstić information content (AvgIpc) is 3.11. The van der Waals surface area contributed by atoms with E-state index in [9.17, 15) is 14.4 Å². The maximum Gasteiger partial charge on any atom is 0.314 e. The summed E-state index contributed by atoms with van der Waals surface area (Å²) in [6.45, 7) is 14.4. The Morgan fingerprint density at radius 2 is 1.40 bits per heavy atom. The number of fused-ring (bicyclic) bond motifs is 1. The standard InChI is InChI=1S/C31H46O2.C14H19NO2/c1-22(2)12-9-13-23(3)14-10-15-24(4)16-11-17-25(5)20-21-27-26(6)30(32)28-18-7-8-19-29(28)31(27)33;1-17-14(16)13(11-7-3-2-4-8-11)12-9-5-6-10-15-12/h7-8,18-20,22-24H,9-17,21H2,1-6H3;2-4,7-8,12-13,15H,5-6,9-10H2,1H3. The molecule has 5 heteroatoms. The smallest absolute Gasteiger partial charge is 0.314 e. The number of carbonyl (C=O) groups excluding carboxylic acids is 3. The zero-order valence-electron chi connectivity index (χ0n) is 32.2. The highest BCUT2D eigenvalue weighted by Crippen LogP contribution is 2.29. The van der Waals surface area contributed by atoms with Crippen molar-refractivity contribution in [2.45, 2.75) is 137 Å². The third-order valence-corrected chi connectivity index (χ3v) is 10.6. The molecule has 274 valence electrons. The monoisotopic (exact) mass is 683 g/mol. The minimum atomic E-state index is -0.179. The fourth-order valence-electron chi connectivity index (χ4n) is 7.37. The fraction of sp³-hybridized carbons (Fsp3) is 0.578. The van der Waals surface area contributed by atoms with Gasteiger partial charge in [-0.05, 0) is 75.8 Å². The third-order valence-electron chi connectivity index (χ3n) is 10.6. The number of methoxy groups -OCH3 is 1. The van der Waals surface area contributed by atoms with Crippen molar-refractivity contribution >= 4 is 17.5 Å². The number of hydrogen-bond acceptors (Lipinski definition) is 5. The van der Waals surface area contributed by atoms with E-state index < -0.39 is 0 Å². The molecule has 0 bridgehead atoms. The molecule has 1 saturated heterocycles. The summed E-state index contributed by atoms with van der Waals surface area (Å²) >= 11 is 0. The first-order chi connectivity index (χ1) is 24.0. The molecule has 1 aliphatic heterocycles. The lowest BCUT2D eigenvalue weighted by Gasteiger charge is -2.29. The molecule has 0 aromatic heterocycles. The normalized spacial score (nSPS) is 18.2.